The summed E-state index contributed by atoms with van der Waals surface area (Å²) in [4.78, 5) is 17.3. The molecule has 1 aromatic carbocycles. The molecule has 0 atom stereocenters. The Labute approximate surface area is 152 Å². The molecule has 0 unspecified atom stereocenters. The maximum absolute atomic E-state index is 12.8. The van der Waals surface area contributed by atoms with E-state index in [2.05, 4.69) is 46.1 Å². The normalized spacial score (nSPS) is 15.8. The van der Waals surface area contributed by atoms with Gasteiger partial charge in [-0.1, -0.05) is 49.0 Å². The Balaban J connectivity index is 2.04. The van der Waals surface area contributed by atoms with E-state index in [1.54, 1.807) is 6.20 Å². The molecule has 0 saturated heterocycles. The highest BCUT2D eigenvalue weighted by molar-refractivity contribution is 9.10. The van der Waals surface area contributed by atoms with Crippen LogP contribution in [-0.4, -0.2) is 16.8 Å². The monoisotopic (exact) mass is 388 g/mol. The molecule has 1 fully saturated rings. The average Bonchev–Trinajstić information content (AvgIpc) is 2.55. The molecule has 0 bridgehead atoms. The number of halogens is 1. The van der Waals surface area contributed by atoms with Crippen LogP contribution in [0.25, 0.3) is 10.9 Å². The van der Waals surface area contributed by atoms with E-state index < -0.39 is 0 Å². The van der Waals surface area contributed by atoms with Crippen molar-refractivity contribution < 1.29 is 4.79 Å². The number of aromatic nitrogens is 1. The molecule has 1 heterocycles. The van der Waals surface area contributed by atoms with Crippen LogP contribution in [0.3, 0.4) is 0 Å². The first kappa shape index (κ1) is 17.4. The lowest BCUT2D eigenvalue weighted by Gasteiger charge is -2.26. The Kier molecular flexibility index (Phi) is 5.54. The molecule has 1 N–H and O–H groups in total. The Morgan fingerprint density at radius 2 is 2.04 bits per heavy atom. The molecule has 128 valence electrons. The minimum atomic E-state index is 0.178. The van der Waals surface area contributed by atoms with E-state index in [1.165, 1.54) is 32.1 Å². The van der Waals surface area contributed by atoms with Crippen LogP contribution < -0.4 is 5.32 Å². The fourth-order valence-corrected chi connectivity index (χ4v) is 3.82. The van der Waals surface area contributed by atoms with Crippen molar-refractivity contribution in [1.29, 1.82) is 0 Å². The summed E-state index contributed by atoms with van der Waals surface area (Å²) in [5.41, 5.74) is 2.64. The van der Waals surface area contributed by atoms with Gasteiger partial charge in [-0.2, -0.15) is 0 Å². The number of nitrogens with one attached hydrogen (secondary N) is 1. The Bertz CT molecular complexity index is 736. The summed E-state index contributed by atoms with van der Waals surface area (Å²) in [6.45, 7) is 4.16. The standard InChI is InChI=1S/C20H25BrN2O/c1-13(2)10-19(24)17-12-22-18-9-8-14(21)11-16(18)20(17)23-15-6-4-3-5-7-15/h8-9,11-13,15H,3-7,10H2,1-2H3,(H,22,23). The zero-order valence-electron chi connectivity index (χ0n) is 14.4. The smallest absolute Gasteiger partial charge is 0.166 e. The zero-order chi connectivity index (χ0) is 17.1. The number of anilines is 1. The van der Waals surface area contributed by atoms with Crippen LogP contribution in [0.2, 0.25) is 0 Å². The van der Waals surface area contributed by atoms with Crippen molar-refractivity contribution in [2.45, 2.75) is 58.4 Å². The van der Waals surface area contributed by atoms with Crippen molar-refractivity contribution in [3.8, 4) is 0 Å². The molecule has 1 aliphatic carbocycles. The third-order valence-electron chi connectivity index (χ3n) is 4.68. The number of nitrogens with zero attached hydrogens (tertiary/aromatic N) is 1. The SMILES string of the molecule is CC(C)CC(=O)c1cnc2ccc(Br)cc2c1NC1CCCCC1. The summed E-state index contributed by atoms with van der Waals surface area (Å²) < 4.78 is 1.01. The molecule has 0 amide bonds. The van der Waals surface area contributed by atoms with Gasteiger partial charge in [-0.05, 0) is 37.0 Å². The number of fused-ring (bicyclic) bond motifs is 1. The summed E-state index contributed by atoms with van der Waals surface area (Å²) >= 11 is 3.55. The largest absolute Gasteiger partial charge is 0.381 e. The fourth-order valence-electron chi connectivity index (χ4n) is 3.46. The molecule has 1 aliphatic rings. The molecule has 3 nitrogen and oxygen atoms in total. The van der Waals surface area contributed by atoms with E-state index in [0.717, 1.165) is 26.6 Å². The predicted octanol–water partition coefficient (Wildman–Crippen LogP) is 5.97. The first-order valence-electron chi connectivity index (χ1n) is 8.92. The molecule has 4 heteroatoms. The van der Waals surface area contributed by atoms with Crippen molar-refractivity contribution >= 4 is 38.3 Å². The van der Waals surface area contributed by atoms with E-state index in [9.17, 15) is 4.79 Å². The molecule has 1 aromatic heterocycles. The van der Waals surface area contributed by atoms with E-state index in [-0.39, 0.29) is 5.78 Å². The van der Waals surface area contributed by atoms with Gasteiger partial charge >= 0.3 is 0 Å². The van der Waals surface area contributed by atoms with Crippen LogP contribution in [0.4, 0.5) is 5.69 Å². The minimum absolute atomic E-state index is 0.178. The molecule has 2 aromatic rings. The average molecular weight is 389 g/mol. The van der Waals surface area contributed by atoms with Gasteiger partial charge in [-0.3, -0.25) is 9.78 Å². The summed E-state index contributed by atoms with van der Waals surface area (Å²) in [6, 6.07) is 6.52. The maximum Gasteiger partial charge on any atom is 0.166 e. The third kappa shape index (κ3) is 3.97. The van der Waals surface area contributed by atoms with E-state index in [4.69, 9.17) is 0 Å². The van der Waals surface area contributed by atoms with Gasteiger partial charge in [0.05, 0.1) is 16.8 Å². The number of benzene rings is 1. The third-order valence-corrected chi connectivity index (χ3v) is 5.17. The number of rotatable bonds is 5. The van der Waals surface area contributed by atoms with Crippen molar-refractivity contribution in [2.75, 3.05) is 5.32 Å². The van der Waals surface area contributed by atoms with Crippen molar-refractivity contribution in [2.24, 2.45) is 5.92 Å². The summed E-state index contributed by atoms with van der Waals surface area (Å²) in [7, 11) is 0. The van der Waals surface area contributed by atoms with E-state index in [0.29, 0.717) is 18.4 Å². The minimum Gasteiger partial charge on any atom is -0.381 e. The second kappa shape index (κ2) is 7.64. The first-order valence-corrected chi connectivity index (χ1v) is 9.72. The highest BCUT2D eigenvalue weighted by atomic mass is 79.9. The van der Waals surface area contributed by atoms with Crippen molar-refractivity contribution in [3.05, 3.63) is 34.4 Å². The van der Waals surface area contributed by atoms with Crippen LogP contribution in [0.1, 0.15) is 62.7 Å². The van der Waals surface area contributed by atoms with Gasteiger partial charge in [-0.25, -0.2) is 0 Å². The van der Waals surface area contributed by atoms with Gasteiger partial charge < -0.3 is 5.32 Å². The maximum atomic E-state index is 12.8. The lowest BCUT2D eigenvalue weighted by Crippen LogP contribution is -2.24. The van der Waals surface area contributed by atoms with E-state index >= 15 is 0 Å². The van der Waals surface area contributed by atoms with Gasteiger partial charge in [0.1, 0.15) is 0 Å². The van der Waals surface area contributed by atoms with Crippen LogP contribution in [-0.2, 0) is 0 Å². The number of pyridine rings is 1. The van der Waals surface area contributed by atoms with Crippen molar-refractivity contribution in [1.82, 2.24) is 4.98 Å². The first-order chi connectivity index (χ1) is 11.5. The highest BCUT2D eigenvalue weighted by Crippen LogP contribution is 2.32. The summed E-state index contributed by atoms with van der Waals surface area (Å²) in [6.07, 6.45) is 8.51. The molecular weight excluding hydrogens is 364 g/mol. The number of hydrogen-bond acceptors (Lipinski definition) is 3. The quantitative estimate of drug-likeness (QED) is 0.641. The number of Topliss-reactive ketones (excluding diaryl/α,β-unsaturated/α-hetero) is 1. The highest BCUT2D eigenvalue weighted by Gasteiger charge is 2.20. The molecule has 0 aliphatic heterocycles. The lowest BCUT2D eigenvalue weighted by atomic mass is 9.93. The number of hydrogen-bond donors (Lipinski definition) is 1. The molecule has 1 saturated carbocycles. The topological polar surface area (TPSA) is 42.0 Å². The van der Waals surface area contributed by atoms with Crippen LogP contribution in [0, 0.1) is 5.92 Å². The van der Waals surface area contributed by atoms with Crippen LogP contribution >= 0.6 is 15.9 Å². The van der Waals surface area contributed by atoms with Crippen LogP contribution in [0.15, 0.2) is 28.9 Å². The fraction of sp³-hybridized carbons (Fsp3) is 0.500. The van der Waals surface area contributed by atoms with Crippen molar-refractivity contribution in [3.63, 3.8) is 0 Å². The molecule has 0 spiro atoms. The summed E-state index contributed by atoms with van der Waals surface area (Å²) in [5, 5.41) is 4.72. The zero-order valence-corrected chi connectivity index (χ0v) is 16.0. The summed E-state index contributed by atoms with van der Waals surface area (Å²) in [5.74, 6) is 0.524. The Morgan fingerprint density at radius 1 is 1.29 bits per heavy atom. The Morgan fingerprint density at radius 3 is 2.75 bits per heavy atom. The number of ketones is 1. The predicted molar refractivity (Wildman–Crippen MR) is 104 cm³/mol. The van der Waals surface area contributed by atoms with Gasteiger partial charge in [-0.15, -0.1) is 0 Å². The van der Waals surface area contributed by atoms with Crippen LogP contribution in [0.5, 0.6) is 0 Å². The number of carbonyl (C=O) groups is 1. The second-order valence-corrected chi connectivity index (χ2v) is 8.12. The molecular formula is C20H25BrN2O. The van der Waals surface area contributed by atoms with Gasteiger partial charge in [0, 0.05) is 28.5 Å². The lowest BCUT2D eigenvalue weighted by molar-refractivity contribution is 0.0968. The Hall–Kier alpha value is -1.42. The van der Waals surface area contributed by atoms with E-state index in [1.807, 2.05) is 12.1 Å². The second-order valence-electron chi connectivity index (χ2n) is 7.21. The van der Waals surface area contributed by atoms with Gasteiger partial charge in [0.2, 0.25) is 0 Å². The molecule has 0 radical (unpaired) electrons. The van der Waals surface area contributed by atoms with Gasteiger partial charge in [0.15, 0.2) is 5.78 Å². The molecule has 3 rings (SSSR count). The molecule has 24 heavy (non-hydrogen) atoms. The van der Waals surface area contributed by atoms with Gasteiger partial charge in [0.25, 0.3) is 0 Å². The number of carbonyl (C=O) groups excluding carboxylic acids is 1.